The number of rotatable bonds is 7. The number of carbonyl (C=O) groups is 2. The molecule has 0 aliphatic rings. The van der Waals surface area contributed by atoms with Gasteiger partial charge in [0.2, 0.25) is 5.91 Å². The van der Waals surface area contributed by atoms with Gasteiger partial charge in [-0.2, -0.15) is 12.8 Å². The van der Waals surface area contributed by atoms with Crippen molar-refractivity contribution in [3.05, 3.63) is 63.8 Å². The summed E-state index contributed by atoms with van der Waals surface area (Å²) in [5.74, 6) is -1.40. The molecular weight excluding hydrogens is 490 g/mol. The fourth-order valence-electron chi connectivity index (χ4n) is 3.60. The van der Waals surface area contributed by atoms with Crippen molar-refractivity contribution < 1.29 is 27.7 Å². The van der Waals surface area contributed by atoms with Crippen molar-refractivity contribution in [1.82, 2.24) is 9.97 Å². The molecule has 0 radical (unpaired) electrons. The molecular formula is C23H21N5O7S. The summed E-state index contributed by atoms with van der Waals surface area (Å²) in [4.78, 5) is 42.1. The van der Waals surface area contributed by atoms with Crippen LogP contribution in [0.2, 0.25) is 0 Å². The summed E-state index contributed by atoms with van der Waals surface area (Å²) in [7, 11) is -4.55. The Hall–Kier alpha value is -4.39. The fraction of sp³-hybridized carbons (Fsp3) is 0.217. The van der Waals surface area contributed by atoms with Gasteiger partial charge in [0, 0.05) is 29.0 Å². The first kappa shape index (κ1) is 24.7. The van der Waals surface area contributed by atoms with E-state index in [0.717, 1.165) is 12.1 Å². The summed E-state index contributed by atoms with van der Waals surface area (Å²) in [5, 5.41) is 14.9. The monoisotopic (exact) mass is 511 g/mol. The number of nitro benzene ring substituents is 1. The summed E-state index contributed by atoms with van der Waals surface area (Å²) < 4.78 is 35.2. The average Bonchev–Trinajstić information content (AvgIpc) is 3.26. The van der Waals surface area contributed by atoms with Gasteiger partial charge in [-0.25, -0.2) is 4.79 Å². The van der Waals surface area contributed by atoms with Crippen LogP contribution in [0.15, 0.2) is 51.9 Å². The second kappa shape index (κ2) is 9.34. The Bertz CT molecular complexity index is 1690. The maximum Gasteiger partial charge on any atom is 0.354 e. The van der Waals surface area contributed by atoms with Gasteiger partial charge >= 0.3 is 5.97 Å². The second-order valence-electron chi connectivity index (χ2n) is 8.09. The summed E-state index contributed by atoms with van der Waals surface area (Å²) in [6.07, 6.45) is 1.43. The van der Waals surface area contributed by atoms with Gasteiger partial charge in [-0.3, -0.25) is 19.9 Å². The second-order valence-corrected chi connectivity index (χ2v) is 9.67. The third kappa shape index (κ3) is 4.47. The van der Waals surface area contributed by atoms with Gasteiger partial charge in [0.15, 0.2) is 4.90 Å². The minimum atomic E-state index is -4.55. The van der Waals surface area contributed by atoms with Crippen LogP contribution in [-0.4, -0.2) is 41.8 Å². The van der Waals surface area contributed by atoms with E-state index in [2.05, 4.69) is 19.7 Å². The number of ether oxygens (including phenoxy) is 1. The van der Waals surface area contributed by atoms with Gasteiger partial charge < -0.3 is 15.0 Å². The van der Waals surface area contributed by atoms with Crippen LogP contribution in [0.1, 0.15) is 31.3 Å². The molecule has 0 fully saturated rings. The number of nitro groups is 1. The summed E-state index contributed by atoms with van der Waals surface area (Å²) >= 11 is 0. The number of hydrogen-bond acceptors (Lipinski definition) is 8. The number of hydrogen-bond donors (Lipinski definition) is 2. The minimum Gasteiger partial charge on any atom is -0.461 e. The number of aromatic amines is 1. The van der Waals surface area contributed by atoms with Crippen molar-refractivity contribution >= 4 is 55.1 Å². The SMILES string of the molecule is CCOC(=O)c1cc2cnc3/c(=N/S(=O)(=O)c4ccccc4[N+](=O)[O-])cc(NC(=O)C(C)C)c([nH]1)c23. The van der Waals surface area contributed by atoms with E-state index in [1.54, 1.807) is 20.8 Å². The van der Waals surface area contributed by atoms with Crippen LogP contribution in [0.3, 0.4) is 0 Å². The van der Waals surface area contributed by atoms with Crippen LogP contribution in [0.25, 0.3) is 21.8 Å². The molecule has 2 aromatic carbocycles. The Balaban J connectivity index is 2.03. The van der Waals surface area contributed by atoms with Gasteiger partial charge in [-0.1, -0.05) is 26.0 Å². The molecule has 4 aromatic rings. The van der Waals surface area contributed by atoms with Crippen molar-refractivity contribution in [3.63, 3.8) is 0 Å². The van der Waals surface area contributed by atoms with Gasteiger partial charge in [-0.05, 0) is 25.1 Å². The largest absolute Gasteiger partial charge is 0.461 e. The van der Waals surface area contributed by atoms with Gasteiger partial charge in [0.25, 0.3) is 15.7 Å². The number of esters is 1. The van der Waals surface area contributed by atoms with Crippen LogP contribution in [0.5, 0.6) is 0 Å². The third-order valence-electron chi connectivity index (χ3n) is 5.30. The minimum absolute atomic E-state index is 0.107. The van der Waals surface area contributed by atoms with E-state index < -0.39 is 37.4 Å². The highest BCUT2D eigenvalue weighted by Crippen LogP contribution is 2.30. The molecule has 0 saturated carbocycles. The number of aromatic nitrogens is 2. The molecule has 13 heteroatoms. The average molecular weight is 512 g/mol. The Morgan fingerprint density at radius 2 is 1.97 bits per heavy atom. The van der Waals surface area contributed by atoms with Crippen molar-refractivity contribution in [2.75, 3.05) is 11.9 Å². The third-order valence-corrected chi connectivity index (χ3v) is 6.63. The number of pyridine rings is 1. The summed E-state index contributed by atoms with van der Waals surface area (Å²) in [5.41, 5.74) is 0.122. The zero-order chi connectivity index (χ0) is 26.2. The number of H-pyrrole nitrogens is 1. The van der Waals surface area contributed by atoms with Crippen molar-refractivity contribution in [3.8, 4) is 0 Å². The standard InChI is InChI=1S/C23H21N5O7S/c1-4-35-23(30)16-9-13-11-24-20-15(10-14(21(25-16)19(13)20)26-22(29)12(2)3)27-36(33,34)18-8-6-5-7-17(18)28(31)32/h5-12,25H,4H2,1-3H3,(H,26,29)/b27-15+. The van der Waals surface area contributed by atoms with E-state index in [9.17, 15) is 28.1 Å². The van der Waals surface area contributed by atoms with Crippen molar-refractivity contribution in [2.24, 2.45) is 10.3 Å². The number of anilines is 1. The van der Waals surface area contributed by atoms with E-state index in [1.165, 1.54) is 30.5 Å². The zero-order valence-corrected chi connectivity index (χ0v) is 20.3. The molecule has 186 valence electrons. The molecule has 12 nitrogen and oxygen atoms in total. The Labute approximate surface area is 204 Å². The first-order chi connectivity index (χ1) is 17.0. The molecule has 2 aromatic heterocycles. The van der Waals surface area contributed by atoms with Crippen molar-refractivity contribution in [2.45, 2.75) is 25.7 Å². The maximum absolute atomic E-state index is 13.1. The molecule has 0 unspecified atom stereocenters. The molecule has 0 aliphatic carbocycles. The zero-order valence-electron chi connectivity index (χ0n) is 19.4. The van der Waals surface area contributed by atoms with Gasteiger partial charge in [-0.15, -0.1) is 0 Å². The quantitative estimate of drug-likeness (QED) is 0.216. The van der Waals surface area contributed by atoms with Crippen LogP contribution in [0, 0.1) is 16.0 Å². The lowest BCUT2D eigenvalue weighted by Gasteiger charge is -2.13. The topological polar surface area (TPSA) is 174 Å². The molecule has 1 amide bonds. The normalized spacial score (nSPS) is 12.4. The number of carbonyl (C=O) groups excluding carboxylic acids is 2. The van der Waals surface area contributed by atoms with Gasteiger partial charge in [0.05, 0.1) is 28.3 Å². The number of nitrogens with one attached hydrogen (secondary N) is 2. The highest BCUT2D eigenvalue weighted by molar-refractivity contribution is 7.90. The van der Waals surface area contributed by atoms with E-state index >= 15 is 0 Å². The fourth-order valence-corrected chi connectivity index (χ4v) is 4.76. The molecule has 0 saturated heterocycles. The number of para-hydroxylation sites is 1. The number of nitrogens with zero attached hydrogens (tertiary/aromatic N) is 3. The van der Waals surface area contributed by atoms with E-state index in [1.807, 2.05) is 0 Å². The first-order valence-electron chi connectivity index (χ1n) is 10.8. The maximum atomic E-state index is 13.1. The molecule has 4 rings (SSSR count). The number of sulfonamides is 1. The summed E-state index contributed by atoms with van der Waals surface area (Å²) in [6.45, 7) is 5.17. The smallest absolute Gasteiger partial charge is 0.354 e. The summed E-state index contributed by atoms with van der Waals surface area (Å²) in [6, 6.07) is 7.65. The Morgan fingerprint density at radius 3 is 2.64 bits per heavy atom. The number of benzene rings is 2. The van der Waals surface area contributed by atoms with Crippen LogP contribution < -0.4 is 10.7 Å². The highest BCUT2D eigenvalue weighted by Gasteiger charge is 2.26. The lowest BCUT2D eigenvalue weighted by molar-refractivity contribution is -0.387. The van der Waals surface area contributed by atoms with Crippen LogP contribution in [-0.2, 0) is 19.6 Å². The predicted molar refractivity (Wildman–Crippen MR) is 130 cm³/mol. The highest BCUT2D eigenvalue weighted by atomic mass is 32.2. The number of amides is 1. The molecule has 0 aliphatic heterocycles. The lowest BCUT2D eigenvalue weighted by Crippen LogP contribution is -2.20. The van der Waals surface area contributed by atoms with E-state index in [-0.39, 0.29) is 34.8 Å². The van der Waals surface area contributed by atoms with E-state index in [0.29, 0.717) is 16.3 Å². The predicted octanol–water partition coefficient (Wildman–Crippen LogP) is 3.12. The van der Waals surface area contributed by atoms with Crippen molar-refractivity contribution in [1.29, 1.82) is 0 Å². The first-order valence-corrected chi connectivity index (χ1v) is 12.3. The Kier molecular flexibility index (Phi) is 6.41. The lowest BCUT2D eigenvalue weighted by atomic mass is 10.1. The molecule has 0 spiro atoms. The molecule has 2 N–H and O–H groups in total. The Morgan fingerprint density at radius 1 is 1.25 bits per heavy atom. The van der Waals surface area contributed by atoms with Crippen LogP contribution >= 0.6 is 0 Å². The van der Waals surface area contributed by atoms with E-state index in [4.69, 9.17) is 4.74 Å². The molecule has 2 heterocycles. The molecule has 36 heavy (non-hydrogen) atoms. The molecule has 0 bridgehead atoms. The van der Waals surface area contributed by atoms with Crippen LogP contribution in [0.4, 0.5) is 11.4 Å². The molecule has 0 atom stereocenters. The van der Waals surface area contributed by atoms with Gasteiger partial charge in [0.1, 0.15) is 11.1 Å².